The van der Waals surface area contributed by atoms with Gasteiger partial charge in [-0.25, -0.2) is 0 Å². The van der Waals surface area contributed by atoms with Gasteiger partial charge in [0.25, 0.3) is 0 Å². The fourth-order valence-corrected chi connectivity index (χ4v) is 3.03. The lowest BCUT2D eigenvalue weighted by atomic mass is 10.2. The number of carbonyl (C=O) groups is 1. The average molecular weight is 374 g/mol. The number of ether oxygens (including phenoxy) is 1. The van der Waals surface area contributed by atoms with Crippen molar-refractivity contribution in [2.45, 2.75) is 13.0 Å². The number of benzene rings is 2. The van der Waals surface area contributed by atoms with Crippen LogP contribution in [0.2, 0.25) is 5.02 Å². The first-order chi connectivity index (χ1) is 12.7. The van der Waals surface area contributed by atoms with Crippen LogP contribution >= 0.6 is 11.6 Å². The standard InChI is InChI=1S/C20H24ClN3O2/c21-17-7-5-16(6-8-17)15-22-10-9-20(25)23-18-3-1-2-4-19(18)24-11-13-26-14-12-24/h1-8,22H,9-15H2,(H,23,25). The number of para-hydroxylation sites is 2. The molecule has 0 unspecified atom stereocenters. The number of nitrogens with one attached hydrogen (secondary N) is 2. The van der Waals surface area contributed by atoms with Crippen molar-refractivity contribution in [2.75, 3.05) is 43.1 Å². The number of hydrogen-bond acceptors (Lipinski definition) is 4. The summed E-state index contributed by atoms with van der Waals surface area (Å²) in [4.78, 5) is 14.5. The molecule has 0 atom stereocenters. The van der Waals surface area contributed by atoms with E-state index in [1.165, 1.54) is 0 Å². The summed E-state index contributed by atoms with van der Waals surface area (Å²) in [5.74, 6) is 0.00863. The smallest absolute Gasteiger partial charge is 0.225 e. The minimum absolute atomic E-state index is 0.00863. The van der Waals surface area contributed by atoms with E-state index in [1.54, 1.807) is 0 Å². The van der Waals surface area contributed by atoms with Crippen LogP contribution in [-0.2, 0) is 16.1 Å². The maximum Gasteiger partial charge on any atom is 0.225 e. The molecule has 1 saturated heterocycles. The zero-order chi connectivity index (χ0) is 18.2. The first-order valence-corrected chi connectivity index (χ1v) is 9.27. The fraction of sp³-hybridized carbons (Fsp3) is 0.350. The van der Waals surface area contributed by atoms with E-state index in [4.69, 9.17) is 16.3 Å². The molecule has 1 heterocycles. The Morgan fingerprint density at radius 2 is 1.81 bits per heavy atom. The van der Waals surface area contributed by atoms with Gasteiger partial charge in [-0.3, -0.25) is 4.79 Å². The van der Waals surface area contributed by atoms with Gasteiger partial charge in [0.05, 0.1) is 24.6 Å². The van der Waals surface area contributed by atoms with Gasteiger partial charge >= 0.3 is 0 Å². The van der Waals surface area contributed by atoms with Crippen LogP contribution in [-0.4, -0.2) is 38.8 Å². The predicted octanol–water partition coefficient (Wildman–Crippen LogP) is 3.30. The van der Waals surface area contributed by atoms with E-state index in [1.807, 2.05) is 48.5 Å². The average Bonchev–Trinajstić information content (AvgIpc) is 2.68. The van der Waals surface area contributed by atoms with Crippen LogP contribution in [0.15, 0.2) is 48.5 Å². The molecule has 3 rings (SSSR count). The third kappa shape index (κ3) is 5.46. The second-order valence-electron chi connectivity index (χ2n) is 6.22. The van der Waals surface area contributed by atoms with E-state index in [0.717, 1.165) is 54.8 Å². The quantitative estimate of drug-likeness (QED) is 0.731. The number of hydrogen-bond donors (Lipinski definition) is 2. The number of amides is 1. The lowest BCUT2D eigenvalue weighted by molar-refractivity contribution is -0.116. The van der Waals surface area contributed by atoms with Crippen molar-refractivity contribution in [1.29, 1.82) is 0 Å². The molecule has 2 aromatic carbocycles. The summed E-state index contributed by atoms with van der Waals surface area (Å²) in [7, 11) is 0. The van der Waals surface area contributed by atoms with Gasteiger partial charge in [-0.1, -0.05) is 35.9 Å². The molecule has 2 N–H and O–H groups in total. The van der Waals surface area contributed by atoms with Crippen molar-refractivity contribution >= 4 is 28.9 Å². The highest BCUT2D eigenvalue weighted by Gasteiger charge is 2.15. The summed E-state index contributed by atoms with van der Waals surface area (Å²) in [5, 5.41) is 7.05. The van der Waals surface area contributed by atoms with E-state index < -0.39 is 0 Å². The number of halogens is 1. The van der Waals surface area contributed by atoms with Crippen molar-refractivity contribution in [2.24, 2.45) is 0 Å². The third-order valence-corrected chi connectivity index (χ3v) is 4.55. The Labute approximate surface area is 159 Å². The number of anilines is 2. The van der Waals surface area contributed by atoms with Crippen molar-refractivity contribution in [1.82, 2.24) is 5.32 Å². The van der Waals surface area contributed by atoms with Crippen molar-refractivity contribution < 1.29 is 9.53 Å². The van der Waals surface area contributed by atoms with Crippen LogP contribution in [0.1, 0.15) is 12.0 Å². The summed E-state index contributed by atoms with van der Waals surface area (Å²) in [6.07, 6.45) is 0.422. The van der Waals surface area contributed by atoms with Crippen molar-refractivity contribution in [3.05, 3.63) is 59.1 Å². The fourth-order valence-electron chi connectivity index (χ4n) is 2.91. The Hall–Kier alpha value is -2.08. The summed E-state index contributed by atoms with van der Waals surface area (Å²) in [6, 6.07) is 15.6. The molecule has 0 spiro atoms. The summed E-state index contributed by atoms with van der Waals surface area (Å²) in [6.45, 7) is 4.46. The molecule has 6 heteroatoms. The molecule has 138 valence electrons. The Bertz CT molecular complexity index is 715. The van der Waals surface area contributed by atoms with Gasteiger partial charge in [0.1, 0.15) is 0 Å². The molecule has 0 saturated carbocycles. The van der Waals surface area contributed by atoms with Gasteiger partial charge in [-0.15, -0.1) is 0 Å². The topological polar surface area (TPSA) is 53.6 Å². The van der Waals surface area contributed by atoms with Crippen LogP contribution in [0.3, 0.4) is 0 Å². The van der Waals surface area contributed by atoms with Gasteiger partial charge in [-0.05, 0) is 29.8 Å². The second-order valence-corrected chi connectivity index (χ2v) is 6.65. The van der Waals surface area contributed by atoms with Gasteiger partial charge in [-0.2, -0.15) is 0 Å². The highest BCUT2D eigenvalue weighted by molar-refractivity contribution is 6.30. The third-order valence-electron chi connectivity index (χ3n) is 4.30. The van der Waals surface area contributed by atoms with Crippen molar-refractivity contribution in [3.63, 3.8) is 0 Å². The molecule has 1 aliphatic rings. The number of morpholine rings is 1. The maximum absolute atomic E-state index is 12.3. The Kier molecular flexibility index (Phi) is 6.89. The van der Waals surface area contributed by atoms with Crippen LogP contribution in [0, 0.1) is 0 Å². The van der Waals surface area contributed by atoms with Crippen LogP contribution < -0.4 is 15.5 Å². The Morgan fingerprint density at radius 3 is 2.58 bits per heavy atom. The lowest BCUT2D eigenvalue weighted by Gasteiger charge is -2.30. The molecule has 26 heavy (non-hydrogen) atoms. The summed E-state index contributed by atoms with van der Waals surface area (Å²) < 4.78 is 5.41. The summed E-state index contributed by atoms with van der Waals surface area (Å²) in [5.41, 5.74) is 3.06. The number of nitrogens with zero attached hydrogens (tertiary/aromatic N) is 1. The lowest BCUT2D eigenvalue weighted by Crippen LogP contribution is -2.36. The van der Waals surface area contributed by atoms with Crippen LogP contribution in [0.4, 0.5) is 11.4 Å². The molecule has 0 bridgehead atoms. The molecule has 1 fully saturated rings. The molecular weight excluding hydrogens is 350 g/mol. The van der Waals surface area contributed by atoms with E-state index in [-0.39, 0.29) is 5.91 Å². The predicted molar refractivity (Wildman–Crippen MR) is 106 cm³/mol. The molecule has 5 nitrogen and oxygen atoms in total. The molecule has 0 aliphatic carbocycles. The zero-order valence-electron chi connectivity index (χ0n) is 14.7. The summed E-state index contributed by atoms with van der Waals surface area (Å²) >= 11 is 5.88. The molecule has 1 amide bonds. The number of carbonyl (C=O) groups excluding carboxylic acids is 1. The Balaban J connectivity index is 1.46. The minimum Gasteiger partial charge on any atom is -0.378 e. The molecule has 0 radical (unpaired) electrons. The van der Waals surface area contributed by atoms with Gasteiger partial charge < -0.3 is 20.3 Å². The molecule has 0 aromatic heterocycles. The highest BCUT2D eigenvalue weighted by atomic mass is 35.5. The van der Waals surface area contributed by atoms with E-state index in [9.17, 15) is 4.79 Å². The highest BCUT2D eigenvalue weighted by Crippen LogP contribution is 2.26. The molecular formula is C20H24ClN3O2. The SMILES string of the molecule is O=C(CCNCc1ccc(Cl)cc1)Nc1ccccc1N1CCOCC1. The second kappa shape index (κ2) is 9.57. The largest absolute Gasteiger partial charge is 0.378 e. The van der Waals surface area contributed by atoms with Gasteiger partial charge in [0, 0.05) is 37.6 Å². The zero-order valence-corrected chi connectivity index (χ0v) is 15.5. The van der Waals surface area contributed by atoms with Crippen molar-refractivity contribution in [3.8, 4) is 0 Å². The maximum atomic E-state index is 12.3. The van der Waals surface area contributed by atoms with Crippen LogP contribution in [0.5, 0.6) is 0 Å². The van der Waals surface area contributed by atoms with E-state index >= 15 is 0 Å². The molecule has 2 aromatic rings. The van der Waals surface area contributed by atoms with Gasteiger partial charge in [0.15, 0.2) is 0 Å². The number of rotatable bonds is 7. The Morgan fingerprint density at radius 1 is 1.08 bits per heavy atom. The van der Waals surface area contributed by atoms with E-state index in [0.29, 0.717) is 13.0 Å². The minimum atomic E-state index is 0.00863. The first-order valence-electron chi connectivity index (χ1n) is 8.89. The monoisotopic (exact) mass is 373 g/mol. The van der Waals surface area contributed by atoms with E-state index in [2.05, 4.69) is 15.5 Å². The normalized spacial score (nSPS) is 14.3. The van der Waals surface area contributed by atoms with Crippen LogP contribution in [0.25, 0.3) is 0 Å². The van der Waals surface area contributed by atoms with Gasteiger partial charge in [0.2, 0.25) is 5.91 Å². The molecule has 1 aliphatic heterocycles. The first kappa shape index (κ1) is 18.7.